The van der Waals surface area contributed by atoms with E-state index in [-0.39, 0.29) is 11.3 Å². The van der Waals surface area contributed by atoms with Crippen LogP contribution >= 0.6 is 0 Å². The molecule has 0 aliphatic heterocycles. The summed E-state index contributed by atoms with van der Waals surface area (Å²) in [5.74, 6) is 0.418. The molecule has 0 amide bonds. The predicted molar refractivity (Wildman–Crippen MR) is 129 cm³/mol. The Bertz CT molecular complexity index is 1240. The molecular formula is C27H28N2O3. The normalized spacial score (nSPS) is 11.3. The molecule has 0 bridgehead atoms. The van der Waals surface area contributed by atoms with Crippen LogP contribution in [-0.4, -0.2) is 40.2 Å². The zero-order chi connectivity index (χ0) is 22.5. The van der Waals surface area contributed by atoms with Gasteiger partial charge in [0.15, 0.2) is 0 Å². The number of aromatic amines is 1. The Morgan fingerprint density at radius 3 is 2.28 bits per heavy atom. The fourth-order valence-electron chi connectivity index (χ4n) is 4.03. The van der Waals surface area contributed by atoms with Gasteiger partial charge in [0.1, 0.15) is 11.5 Å². The second-order valence-electron chi connectivity index (χ2n) is 8.25. The van der Waals surface area contributed by atoms with Crippen molar-refractivity contribution in [3.8, 4) is 22.6 Å². The molecule has 0 aliphatic carbocycles. The molecule has 5 heteroatoms. The van der Waals surface area contributed by atoms with Crippen molar-refractivity contribution < 1.29 is 10.2 Å². The molecule has 4 aromatic rings. The van der Waals surface area contributed by atoms with Crippen LogP contribution in [0, 0.1) is 0 Å². The number of fused-ring (bicyclic) bond motifs is 1. The Balaban J connectivity index is 1.35. The Morgan fingerprint density at radius 1 is 0.844 bits per heavy atom. The van der Waals surface area contributed by atoms with Crippen LogP contribution in [0.4, 0.5) is 0 Å². The number of phenolic OH excluding ortho intramolecular Hbond substituents is 2. The standard InChI is InChI=1S/C27H28N2O3/c1-29(17-15-20-9-13-22(30)14-10-20)16-3-4-19-7-11-21(12-8-19)24-18-28-27(32)23-5-2-6-25(31)26(23)24/h2,5-14,18,30-31H,3-4,15-17H2,1H3,(H,28,32). The predicted octanol–water partition coefficient (Wildman–Crippen LogP) is 4.71. The van der Waals surface area contributed by atoms with Crippen molar-refractivity contribution in [3.63, 3.8) is 0 Å². The lowest BCUT2D eigenvalue weighted by molar-refractivity contribution is 0.333. The molecule has 4 rings (SSSR count). The second-order valence-corrected chi connectivity index (χ2v) is 8.25. The highest BCUT2D eigenvalue weighted by Gasteiger charge is 2.11. The summed E-state index contributed by atoms with van der Waals surface area (Å²) in [7, 11) is 2.14. The Morgan fingerprint density at radius 2 is 1.53 bits per heavy atom. The van der Waals surface area contributed by atoms with Crippen LogP contribution in [0.2, 0.25) is 0 Å². The largest absolute Gasteiger partial charge is 0.508 e. The van der Waals surface area contributed by atoms with Gasteiger partial charge in [-0.25, -0.2) is 0 Å². The first kappa shape index (κ1) is 21.7. The average molecular weight is 429 g/mol. The molecule has 0 spiro atoms. The summed E-state index contributed by atoms with van der Waals surface area (Å²) in [6.45, 7) is 1.99. The van der Waals surface area contributed by atoms with E-state index in [0.717, 1.165) is 43.5 Å². The van der Waals surface area contributed by atoms with Crippen LogP contribution in [0.3, 0.4) is 0 Å². The monoisotopic (exact) mass is 428 g/mol. The lowest BCUT2D eigenvalue weighted by Gasteiger charge is -2.16. The summed E-state index contributed by atoms with van der Waals surface area (Å²) in [4.78, 5) is 17.2. The summed E-state index contributed by atoms with van der Waals surface area (Å²) in [5.41, 5.74) is 4.07. The van der Waals surface area contributed by atoms with Crippen molar-refractivity contribution in [2.45, 2.75) is 19.3 Å². The number of phenols is 2. The van der Waals surface area contributed by atoms with Crippen LogP contribution in [-0.2, 0) is 12.8 Å². The molecule has 0 fully saturated rings. The summed E-state index contributed by atoms with van der Waals surface area (Å²) in [5, 5.41) is 20.8. The minimum atomic E-state index is -0.203. The Hall–Kier alpha value is -3.57. The van der Waals surface area contributed by atoms with E-state index >= 15 is 0 Å². The molecule has 0 saturated carbocycles. The van der Waals surface area contributed by atoms with Gasteiger partial charge in [-0.2, -0.15) is 0 Å². The number of aromatic hydroxyl groups is 2. The van der Waals surface area contributed by atoms with E-state index < -0.39 is 0 Å². The maximum absolute atomic E-state index is 12.1. The van der Waals surface area contributed by atoms with E-state index in [1.165, 1.54) is 11.1 Å². The number of nitrogens with one attached hydrogen (secondary N) is 1. The molecule has 0 saturated heterocycles. The van der Waals surface area contributed by atoms with Gasteiger partial charge in [0.2, 0.25) is 0 Å². The zero-order valence-electron chi connectivity index (χ0n) is 18.2. The fourth-order valence-corrected chi connectivity index (χ4v) is 4.03. The van der Waals surface area contributed by atoms with Crippen LogP contribution < -0.4 is 5.56 Å². The second kappa shape index (κ2) is 9.71. The van der Waals surface area contributed by atoms with Crippen molar-refractivity contribution in [2.75, 3.05) is 20.1 Å². The maximum atomic E-state index is 12.1. The van der Waals surface area contributed by atoms with E-state index in [0.29, 0.717) is 16.5 Å². The number of hydrogen-bond donors (Lipinski definition) is 3. The van der Waals surface area contributed by atoms with Gasteiger partial charge in [-0.3, -0.25) is 4.79 Å². The molecule has 5 nitrogen and oxygen atoms in total. The Labute approximate surface area is 187 Å². The van der Waals surface area contributed by atoms with Gasteiger partial charge in [-0.1, -0.05) is 42.5 Å². The first-order chi connectivity index (χ1) is 15.5. The molecule has 3 aromatic carbocycles. The summed E-state index contributed by atoms with van der Waals surface area (Å²) in [6.07, 6.45) is 4.68. The van der Waals surface area contributed by atoms with Gasteiger partial charge < -0.3 is 20.1 Å². The van der Waals surface area contributed by atoms with E-state index in [9.17, 15) is 15.0 Å². The zero-order valence-corrected chi connectivity index (χ0v) is 18.2. The van der Waals surface area contributed by atoms with Gasteiger partial charge in [0.05, 0.1) is 5.39 Å². The highest BCUT2D eigenvalue weighted by Crippen LogP contribution is 2.32. The molecule has 1 aromatic heterocycles. The quantitative estimate of drug-likeness (QED) is 0.380. The summed E-state index contributed by atoms with van der Waals surface area (Å²) >= 11 is 0. The van der Waals surface area contributed by atoms with E-state index in [2.05, 4.69) is 29.1 Å². The van der Waals surface area contributed by atoms with Crippen molar-refractivity contribution >= 4 is 10.8 Å². The van der Waals surface area contributed by atoms with Crippen LogP contribution in [0.15, 0.2) is 77.7 Å². The molecule has 0 atom stereocenters. The number of benzene rings is 3. The number of likely N-dealkylation sites (N-methyl/N-ethyl adjacent to an activating group) is 1. The third-order valence-electron chi connectivity index (χ3n) is 5.89. The number of pyridine rings is 1. The number of hydrogen-bond acceptors (Lipinski definition) is 4. The lowest BCUT2D eigenvalue weighted by atomic mass is 9.98. The fraction of sp³-hybridized carbons (Fsp3) is 0.222. The molecule has 164 valence electrons. The summed E-state index contributed by atoms with van der Waals surface area (Å²) < 4.78 is 0. The number of nitrogens with zero attached hydrogens (tertiary/aromatic N) is 1. The van der Waals surface area contributed by atoms with E-state index in [4.69, 9.17) is 0 Å². The molecular weight excluding hydrogens is 400 g/mol. The molecule has 1 heterocycles. The first-order valence-electron chi connectivity index (χ1n) is 10.9. The molecule has 0 aliphatic rings. The third-order valence-corrected chi connectivity index (χ3v) is 5.89. The highest BCUT2D eigenvalue weighted by atomic mass is 16.3. The molecule has 0 unspecified atom stereocenters. The molecule has 32 heavy (non-hydrogen) atoms. The number of H-pyrrole nitrogens is 1. The topological polar surface area (TPSA) is 76.6 Å². The minimum absolute atomic E-state index is 0.114. The number of rotatable bonds is 8. The average Bonchev–Trinajstić information content (AvgIpc) is 2.80. The SMILES string of the molecule is CN(CCCc1ccc(-c2c[nH]c(=O)c3cccc(O)c23)cc1)CCc1ccc(O)cc1. The third kappa shape index (κ3) is 5.01. The van der Waals surface area contributed by atoms with Gasteiger partial charge in [-0.15, -0.1) is 0 Å². The van der Waals surface area contributed by atoms with Crippen molar-refractivity contribution in [1.82, 2.24) is 9.88 Å². The number of aromatic nitrogens is 1. The van der Waals surface area contributed by atoms with Gasteiger partial charge in [0.25, 0.3) is 5.56 Å². The minimum Gasteiger partial charge on any atom is -0.508 e. The van der Waals surface area contributed by atoms with Crippen LogP contribution in [0.5, 0.6) is 11.5 Å². The van der Waals surface area contributed by atoms with Crippen LogP contribution in [0.25, 0.3) is 21.9 Å². The smallest absolute Gasteiger partial charge is 0.255 e. The van der Waals surface area contributed by atoms with Gasteiger partial charge >= 0.3 is 0 Å². The highest BCUT2D eigenvalue weighted by molar-refractivity contribution is 5.99. The lowest BCUT2D eigenvalue weighted by Crippen LogP contribution is -2.22. The van der Waals surface area contributed by atoms with Gasteiger partial charge in [0, 0.05) is 23.7 Å². The van der Waals surface area contributed by atoms with Crippen molar-refractivity contribution in [2.24, 2.45) is 0 Å². The summed E-state index contributed by atoms with van der Waals surface area (Å²) in [6, 6.07) is 20.7. The first-order valence-corrected chi connectivity index (χ1v) is 10.9. The maximum Gasteiger partial charge on any atom is 0.255 e. The van der Waals surface area contributed by atoms with Gasteiger partial charge in [-0.05, 0) is 73.8 Å². The van der Waals surface area contributed by atoms with E-state index in [1.807, 2.05) is 24.3 Å². The van der Waals surface area contributed by atoms with Crippen molar-refractivity contribution in [3.05, 3.63) is 94.4 Å². The Kier molecular flexibility index (Phi) is 6.57. The molecule has 3 N–H and O–H groups in total. The number of aryl methyl sites for hydroxylation is 1. The van der Waals surface area contributed by atoms with Crippen LogP contribution in [0.1, 0.15) is 17.5 Å². The molecule has 0 radical (unpaired) electrons. The van der Waals surface area contributed by atoms with Crippen molar-refractivity contribution in [1.29, 1.82) is 0 Å². The van der Waals surface area contributed by atoms with E-state index in [1.54, 1.807) is 36.5 Å².